The van der Waals surface area contributed by atoms with Gasteiger partial charge in [-0.15, -0.1) is 0 Å². The van der Waals surface area contributed by atoms with E-state index in [0.717, 1.165) is 83.5 Å². The van der Waals surface area contributed by atoms with E-state index in [1.165, 1.54) is 89.9 Å². The van der Waals surface area contributed by atoms with Crippen molar-refractivity contribution < 1.29 is 28.6 Å². The summed E-state index contributed by atoms with van der Waals surface area (Å²) in [5.74, 6) is -1.05. The standard InChI is InChI=1S/C59H96O6/c1-4-7-10-13-16-19-22-24-26-28-29-31-32-34-37-40-43-46-49-52-58(61)64-55-56(54-63-57(60)51-48-45-42-39-36-21-18-15-12-9-6-3)65-59(62)53-50-47-44-41-38-35-33-30-27-25-23-20-17-14-11-8-5-2/h8-9,11-12,17-18,20-21,25,27-29,33,35,39,41-42,44,56H,4-7,10,13-16,19,22-24,26,30-32,34,36-38,40,43,45-55H2,1-3H3/b11-8-,12-9-,20-17-,21-18-,27-25-,29-28-,35-33-,42-39-,44-41-. The Morgan fingerprint density at radius 3 is 1.02 bits per heavy atom. The molecule has 0 amide bonds. The van der Waals surface area contributed by atoms with E-state index >= 15 is 0 Å². The zero-order valence-corrected chi connectivity index (χ0v) is 42.0. The van der Waals surface area contributed by atoms with Crippen molar-refractivity contribution in [3.8, 4) is 0 Å². The van der Waals surface area contributed by atoms with Crippen LogP contribution in [0.25, 0.3) is 0 Å². The van der Waals surface area contributed by atoms with Gasteiger partial charge in [0, 0.05) is 19.3 Å². The van der Waals surface area contributed by atoms with Gasteiger partial charge in [0.05, 0.1) is 0 Å². The molecule has 0 aliphatic carbocycles. The van der Waals surface area contributed by atoms with Crippen LogP contribution in [0.3, 0.4) is 0 Å². The molecule has 0 rings (SSSR count). The Morgan fingerprint density at radius 2 is 0.615 bits per heavy atom. The highest BCUT2D eigenvalue weighted by Gasteiger charge is 2.19. The molecule has 1 atom stereocenters. The summed E-state index contributed by atoms with van der Waals surface area (Å²) >= 11 is 0. The minimum atomic E-state index is -0.831. The fourth-order valence-corrected chi connectivity index (χ4v) is 6.85. The van der Waals surface area contributed by atoms with E-state index in [-0.39, 0.29) is 44.0 Å². The van der Waals surface area contributed by atoms with Crippen molar-refractivity contribution in [3.63, 3.8) is 0 Å². The number of carbonyl (C=O) groups is 3. The van der Waals surface area contributed by atoms with Crippen molar-refractivity contribution in [1.29, 1.82) is 0 Å². The molecule has 1 unspecified atom stereocenters. The highest BCUT2D eigenvalue weighted by Crippen LogP contribution is 2.13. The molecule has 0 aliphatic heterocycles. The van der Waals surface area contributed by atoms with E-state index in [2.05, 4.69) is 130 Å². The average Bonchev–Trinajstić information content (AvgIpc) is 3.30. The molecule has 0 aromatic carbocycles. The number of hydrogen-bond donors (Lipinski definition) is 0. The summed E-state index contributed by atoms with van der Waals surface area (Å²) in [6.07, 6.45) is 71.0. The van der Waals surface area contributed by atoms with Crippen LogP contribution < -0.4 is 0 Å². The summed E-state index contributed by atoms with van der Waals surface area (Å²) in [7, 11) is 0. The molecular formula is C59H96O6. The maximum Gasteiger partial charge on any atom is 0.306 e. The smallest absolute Gasteiger partial charge is 0.306 e. The average molecular weight is 901 g/mol. The summed E-state index contributed by atoms with van der Waals surface area (Å²) in [5.41, 5.74) is 0. The van der Waals surface area contributed by atoms with Gasteiger partial charge in [0.15, 0.2) is 6.10 Å². The molecule has 368 valence electrons. The van der Waals surface area contributed by atoms with Gasteiger partial charge in [0.2, 0.25) is 0 Å². The van der Waals surface area contributed by atoms with Crippen LogP contribution in [-0.4, -0.2) is 37.2 Å². The lowest BCUT2D eigenvalue weighted by molar-refractivity contribution is -0.167. The Hall–Kier alpha value is -3.93. The summed E-state index contributed by atoms with van der Waals surface area (Å²) in [5, 5.41) is 0. The number of hydrogen-bond acceptors (Lipinski definition) is 6. The molecule has 0 spiro atoms. The van der Waals surface area contributed by atoms with E-state index < -0.39 is 6.10 Å². The number of ether oxygens (including phenoxy) is 3. The minimum absolute atomic E-state index is 0.120. The van der Waals surface area contributed by atoms with Crippen molar-refractivity contribution in [2.75, 3.05) is 13.2 Å². The number of allylic oxidation sites excluding steroid dienone is 18. The van der Waals surface area contributed by atoms with E-state index in [9.17, 15) is 14.4 Å². The lowest BCUT2D eigenvalue weighted by Gasteiger charge is -2.18. The van der Waals surface area contributed by atoms with Gasteiger partial charge >= 0.3 is 17.9 Å². The zero-order valence-electron chi connectivity index (χ0n) is 42.0. The first-order chi connectivity index (χ1) is 32.0. The largest absolute Gasteiger partial charge is 0.462 e. The van der Waals surface area contributed by atoms with Crippen LogP contribution in [0.1, 0.15) is 226 Å². The van der Waals surface area contributed by atoms with Gasteiger partial charge in [-0.2, -0.15) is 0 Å². The fourth-order valence-electron chi connectivity index (χ4n) is 6.85. The highest BCUT2D eigenvalue weighted by molar-refractivity contribution is 5.71. The Kier molecular flexibility index (Phi) is 49.5. The molecule has 0 saturated carbocycles. The monoisotopic (exact) mass is 901 g/mol. The quantitative estimate of drug-likeness (QED) is 0.0262. The molecule has 65 heavy (non-hydrogen) atoms. The van der Waals surface area contributed by atoms with E-state index in [0.29, 0.717) is 19.3 Å². The Bertz CT molecular complexity index is 1360. The molecule has 6 heteroatoms. The third kappa shape index (κ3) is 50.9. The molecule has 0 fully saturated rings. The predicted octanol–water partition coefficient (Wildman–Crippen LogP) is 17.5. The van der Waals surface area contributed by atoms with Gasteiger partial charge in [-0.3, -0.25) is 14.4 Å². The van der Waals surface area contributed by atoms with Crippen molar-refractivity contribution in [2.24, 2.45) is 0 Å². The van der Waals surface area contributed by atoms with Gasteiger partial charge in [-0.25, -0.2) is 0 Å². The Balaban J connectivity index is 4.49. The van der Waals surface area contributed by atoms with Crippen molar-refractivity contribution in [3.05, 3.63) is 109 Å². The number of carbonyl (C=O) groups excluding carboxylic acids is 3. The molecule has 0 aromatic rings. The molecular weight excluding hydrogens is 805 g/mol. The van der Waals surface area contributed by atoms with Crippen LogP contribution >= 0.6 is 0 Å². The highest BCUT2D eigenvalue weighted by atomic mass is 16.6. The number of rotatable bonds is 46. The van der Waals surface area contributed by atoms with Gasteiger partial charge in [-0.1, -0.05) is 207 Å². The summed E-state index contributed by atoms with van der Waals surface area (Å²) in [6, 6.07) is 0. The molecule has 0 heterocycles. The molecule has 0 saturated heterocycles. The first-order valence-electron chi connectivity index (χ1n) is 26.4. The van der Waals surface area contributed by atoms with Crippen molar-refractivity contribution in [2.45, 2.75) is 232 Å². The van der Waals surface area contributed by atoms with Crippen LogP contribution in [0.2, 0.25) is 0 Å². The summed E-state index contributed by atoms with van der Waals surface area (Å²) in [6.45, 7) is 6.30. The second kappa shape index (κ2) is 52.7. The molecule has 0 radical (unpaired) electrons. The van der Waals surface area contributed by atoms with Crippen LogP contribution in [0.5, 0.6) is 0 Å². The van der Waals surface area contributed by atoms with E-state index in [1.54, 1.807) is 0 Å². The van der Waals surface area contributed by atoms with E-state index in [1.807, 2.05) is 0 Å². The maximum absolute atomic E-state index is 12.8. The topological polar surface area (TPSA) is 78.9 Å². The third-order valence-electron chi connectivity index (χ3n) is 10.7. The molecule has 0 bridgehead atoms. The van der Waals surface area contributed by atoms with Crippen LogP contribution in [0.4, 0.5) is 0 Å². The van der Waals surface area contributed by atoms with Gasteiger partial charge < -0.3 is 14.2 Å². The van der Waals surface area contributed by atoms with Gasteiger partial charge in [0.1, 0.15) is 13.2 Å². The van der Waals surface area contributed by atoms with Crippen LogP contribution in [-0.2, 0) is 28.6 Å². The lowest BCUT2D eigenvalue weighted by atomic mass is 10.1. The van der Waals surface area contributed by atoms with Crippen molar-refractivity contribution >= 4 is 17.9 Å². The zero-order chi connectivity index (χ0) is 47.2. The number of esters is 3. The third-order valence-corrected chi connectivity index (χ3v) is 10.7. The molecule has 0 aromatic heterocycles. The predicted molar refractivity (Wildman–Crippen MR) is 279 cm³/mol. The first kappa shape index (κ1) is 61.1. The van der Waals surface area contributed by atoms with Gasteiger partial charge in [-0.05, 0) is 109 Å². The lowest BCUT2D eigenvalue weighted by Crippen LogP contribution is -2.30. The summed E-state index contributed by atoms with van der Waals surface area (Å²) in [4.78, 5) is 37.9. The molecule has 6 nitrogen and oxygen atoms in total. The Morgan fingerprint density at radius 1 is 0.323 bits per heavy atom. The van der Waals surface area contributed by atoms with E-state index in [4.69, 9.17) is 14.2 Å². The second-order valence-electron chi connectivity index (χ2n) is 17.0. The van der Waals surface area contributed by atoms with Gasteiger partial charge in [0.25, 0.3) is 0 Å². The van der Waals surface area contributed by atoms with Crippen molar-refractivity contribution in [1.82, 2.24) is 0 Å². The number of unbranched alkanes of at least 4 members (excludes halogenated alkanes) is 17. The maximum atomic E-state index is 12.8. The minimum Gasteiger partial charge on any atom is -0.462 e. The second-order valence-corrected chi connectivity index (χ2v) is 17.0. The fraction of sp³-hybridized carbons (Fsp3) is 0.644. The SMILES string of the molecule is CC/C=C\C/C=C\C/C=C\C/C=C\C/C=C\CCCC(=O)OC(COC(=O)CCC/C=C\C/C=C\C/C=C\CC)COC(=O)CCCCCCCCC/C=C\CCCCCCCCCC. The van der Waals surface area contributed by atoms with Crippen LogP contribution in [0, 0.1) is 0 Å². The normalized spacial score (nSPS) is 13.0. The van der Waals surface area contributed by atoms with Crippen LogP contribution in [0.15, 0.2) is 109 Å². The Labute approximate surface area is 400 Å². The first-order valence-corrected chi connectivity index (χ1v) is 26.4. The molecule has 0 aliphatic rings. The summed E-state index contributed by atoms with van der Waals surface area (Å²) < 4.78 is 16.7. The molecule has 0 N–H and O–H groups in total.